The zero-order valence-corrected chi connectivity index (χ0v) is 17.0. The van der Waals surface area contributed by atoms with Crippen molar-refractivity contribution in [3.8, 4) is 0 Å². The molecule has 1 aliphatic rings. The Morgan fingerprint density at radius 3 is 2.62 bits per heavy atom. The number of benzene rings is 1. The molecule has 0 spiro atoms. The van der Waals surface area contributed by atoms with Gasteiger partial charge in [0.2, 0.25) is 11.8 Å². The molecule has 1 aromatic carbocycles. The number of carbonyl (C=O) groups excluding carboxylic acids is 3. The number of aliphatic hydroxyl groups is 1. The first-order chi connectivity index (χ1) is 13.9. The lowest BCUT2D eigenvalue weighted by atomic mass is 9.95. The first-order valence-corrected chi connectivity index (χ1v) is 9.99. The lowest BCUT2D eigenvalue weighted by molar-refractivity contribution is -0.153. The van der Waals surface area contributed by atoms with Gasteiger partial charge in [-0.1, -0.05) is 42.5 Å². The van der Waals surface area contributed by atoms with Gasteiger partial charge in [0.25, 0.3) is 0 Å². The molecule has 1 aromatic rings. The molecule has 0 aromatic heterocycles. The molecule has 7 heteroatoms. The van der Waals surface area contributed by atoms with Gasteiger partial charge in [-0.25, -0.2) is 0 Å². The summed E-state index contributed by atoms with van der Waals surface area (Å²) in [6.07, 6.45) is 4.31. The second-order valence-electron chi connectivity index (χ2n) is 7.47. The Labute approximate surface area is 171 Å². The van der Waals surface area contributed by atoms with Gasteiger partial charge >= 0.3 is 5.97 Å². The van der Waals surface area contributed by atoms with Gasteiger partial charge < -0.3 is 20.5 Å². The molecule has 0 fully saturated rings. The number of cyclic esters (lactones) is 1. The maximum atomic E-state index is 12.6. The Morgan fingerprint density at radius 1 is 1.24 bits per heavy atom. The highest BCUT2D eigenvalue weighted by atomic mass is 16.5. The molecule has 1 heterocycles. The first kappa shape index (κ1) is 22.6. The summed E-state index contributed by atoms with van der Waals surface area (Å²) in [5, 5.41) is 14.4. The van der Waals surface area contributed by atoms with Gasteiger partial charge in [-0.05, 0) is 38.7 Å². The van der Waals surface area contributed by atoms with Gasteiger partial charge in [0, 0.05) is 6.04 Å². The van der Waals surface area contributed by atoms with E-state index in [0.717, 1.165) is 5.56 Å². The molecule has 0 saturated heterocycles. The van der Waals surface area contributed by atoms with Crippen molar-refractivity contribution in [2.45, 2.75) is 45.3 Å². The third kappa shape index (κ3) is 7.34. The van der Waals surface area contributed by atoms with Crippen molar-refractivity contribution in [1.82, 2.24) is 10.6 Å². The van der Waals surface area contributed by atoms with Crippen molar-refractivity contribution in [3.63, 3.8) is 0 Å². The van der Waals surface area contributed by atoms with Crippen molar-refractivity contribution in [2.75, 3.05) is 13.2 Å². The fourth-order valence-electron chi connectivity index (χ4n) is 3.08. The second-order valence-corrected chi connectivity index (χ2v) is 7.47. The molecule has 0 saturated carbocycles. The van der Waals surface area contributed by atoms with Crippen molar-refractivity contribution in [2.24, 2.45) is 11.8 Å². The number of amides is 2. The molecule has 2 amide bonds. The van der Waals surface area contributed by atoms with Gasteiger partial charge in [0.1, 0.15) is 12.0 Å². The van der Waals surface area contributed by atoms with Crippen LogP contribution in [0.15, 0.2) is 42.5 Å². The minimum Gasteiger partial charge on any atom is -0.461 e. The van der Waals surface area contributed by atoms with Crippen LogP contribution in [0.1, 0.15) is 32.3 Å². The molecule has 29 heavy (non-hydrogen) atoms. The SMILES string of the molecule is CC1CNC(=O)C(C(=O)N[C@H](C)CO)CC=CCC(Cc2ccccc2)C(=O)O1. The van der Waals surface area contributed by atoms with Crippen molar-refractivity contribution >= 4 is 17.8 Å². The summed E-state index contributed by atoms with van der Waals surface area (Å²) in [5.41, 5.74) is 1.05. The number of aliphatic hydroxyl groups excluding tert-OH is 1. The third-order valence-corrected chi connectivity index (χ3v) is 4.79. The average molecular weight is 402 g/mol. The second kappa shape index (κ2) is 11.4. The van der Waals surface area contributed by atoms with Crippen LogP contribution < -0.4 is 10.6 Å². The largest absolute Gasteiger partial charge is 0.461 e. The lowest BCUT2D eigenvalue weighted by Crippen LogP contribution is -2.46. The van der Waals surface area contributed by atoms with Crippen LogP contribution in [-0.2, 0) is 25.5 Å². The minimum absolute atomic E-state index is 0.131. The molecule has 0 aliphatic carbocycles. The molecule has 0 radical (unpaired) electrons. The highest BCUT2D eigenvalue weighted by molar-refractivity contribution is 6.00. The molecule has 1 aliphatic heterocycles. The van der Waals surface area contributed by atoms with E-state index < -0.39 is 29.9 Å². The van der Waals surface area contributed by atoms with Crippen LogP contribution >= 0.6 is 0 Å². The van der Waals surface area contributed by atoms with Gasteiger partial charge in [0.05, 0.1) is 19.1 Å². The van der Waals surface area contributed by atoms with Crippen LogP contribution in [-0.4, -0.2) is 48.2 Å². The van der Waals surface area contributed by atoms with E-state index in [0.29, 0.717) is 12.8 Å². The van der Waals surface area contributed by atoms with Crippen LogP contribution in [0.25, 0.3) is 0 Å². The predicted octanol–water partition coefficient (Wildman–Crippen LogP) is 1.36. The van der Waals surface area contributed by atoms with Crippen LogP contribution in [0.3, 0.4) is 0 Å². The number of carbonyl (C=O) groups is 3. The quantitative estimate of drug-likeness (QED) is 0.392. The van der Waals surface area contributed by atoms with Crippen LogP contribution in [0, 0.1) is 11.8 Å². The van der Waals surface area contributed by atoms with Crippen molar-refractivity contribution in [3.05, 3.63) is 48.0 Å². The van der Waals surface area contributed by atoms with E-state index >= 15 is 0 Å². The Hall–Kier alpha value is -2.67. The van der Waals surface area contributed by atoms with E-state index in [1.807, 2.05) is 36.4 Å². The Bertz CT molecular complexity index is 719. The van der Waals surface area contributed by atoms with Gasteiger partial charge in [0.15, 0.2) is 0 Å². The number of ether oxygens (including phenoxy) is 1. The van der Waals surface area contributed by atoms with Crippen molar-refractivity contribution < 1.29 is 24.2 Å². The normalized spacial score (nSPS) is 24.4. The fraction of sp³-hybridized carbons (Fsp3) is 0.500. The predicted molar refractivity (Wildman–Crippen MR) is 109 cm³/mol. The summed E-state index contributed by atoms with van der Waals surface area (Å²) < 4.78 is 5.51. The summed E-state index contributed by atoms with van der Waals surface area (Å²) in [5.74, 6) is -2.41. The molecular formula is C22H30N2O5. The maximum Gasteiger partial charge on any atom is 0.309 e. The molecular weight excluding hydrogens is 372 g/mol. The molecule has 2 rings (SSSR count). The molecule has 3 N–H and O–H groups in total. The van der Waals surface area contributed by atoms with Crippen LogP contribution in [0.5, 0.6) is 0 Å². The summed E-state index contributed by atoms with van der Waals surface area (Å²) in [6, 6.07) is 9.30. The fourth-order valence-corrected chi connectivity index (χ4v) is 3.08. The third-order valence-electron chi connectivity index (χ3n) is 4.79. The van der Waals surface area contributed by atoms with Gasteiger partial charge in [-0.2, -0.15) is 0 Å². The van der Waals surface area contributed by atoms with E-state index in [2.05, 4.69) is 10.6 Å². The number of nitrogens with one attached hydrogen (secondary N) is 2. The molecule has 158 valence electrons. The summed E-state index contributed by atoms with van der Waals surface area (Å²) in [4.78, 5) is 37.5. The number of hydrogen-bond acceptors (Lipinski definition) is 5. The first-order valence-electron chi connectivity index (χ1n) is 9.99. The zero-order chi connectivity index (χ0) is 21.2. The van der Waals surface area contributed by atoms with E-state index in [-0.39, 0.29) is 31.5 Å². The smallest absolute Gasteiger partial charge is 0.309 e. The number of rotatable bonds is 5. The topological polar surface area (TPSA) is 105 Å². The van der Waals surface area contributed by atoms with Crippen molar-refractivity contribution in [1.29, 1.82) is 0 Å². The molecule has 7 nitrogen and oxygen atoms in total. The van der Waals surface area contributed by atoms with E-state index in [1.54, 1.807) is 19.9 Å². The standard InChI is InChI=1S/C22H30N2O5/c1-15(14-25)24-21(27)19-11-7-6-10-18(12-17-8-4-3-5-9-17)22(28)29-16(2)13-23-20(19)26/h3-9,15-16,18-19,25H,10-14H2,1-2H3,(H,23,26)(H,24,27)/t15-,16?,18?,19?/m1/s1. The minimum atomic E-state index is -0.907. The Kier molecular flexibility index (Phi) is 8.86. The van der Waals surface area contributed by atoms with E-state index in [4.69, 9.17) is 9.84 Å². The molecule has 4 atom stereocenters. The van der Waals surface area contributed by atoms with E-state index in [9.17, 15) is 14.4 Å². The summed E-state index contributed by atoms with van der Waals surface area (Å²) >= 11 is 0. The number of allylic oxidation sites excluding steroid dienone is 2. The maximum absolute atomic E-state index is 12.6. The average Bonchev–Trinajstić information content (AvgIpc) is 2.70. The highest BCUT2D eigenvalue weighted by Crippen LogP contribution is 2.17. The summed E-state index contributed by atoms with van der Waals surface area (Å²) in [7, 11) is 0. The van der Waals surface area contributed by atoms with Gasteiger partial charge in [-0.15, -0.1) is 0 Å². The summed E-state index contributed by atoms with van der Waals surface area (Å²) in [6.45, 7) is 3.30. The molecule has 3 unspecified atom stereocenters. The Balaban J connectivity index is 2.13. The number of hydrogen-bond donors (Lipinski definition) is 3. The zero-order valence-electron chi connectivity index (χ0n) is 17.0. The van der Waals surface area contributed by atoms with Crippen LogP contribution in [0.4, 0.5) is 0 Å². The highest BCUT2D eigenvalue weighted by Gasteiger charge is 2.28. The lowest BCUT2D eigenvalue weighted by Gasteiger charge is -2.22. The Morgan fingerprint density at radius 2 is 1.93 bits per heavy atom. The van der Waals surface area contributed by atoms with Crippen LogP contribution in [0.2, 0.25) is 0 Å². The van der Waals surface area contributed by atoms with E-state index in [1.165, 1.54) is 0 Å². The molecule has 0 bridgehead atoms. The van der Waals surface area contributed by atoms with Gasteiger partial charge in [-0.3, -0.25) is 14.4 Å². The monoisotopic (exact) mass is 402 g/mol. The number of esters is 1.